The lowest BCUT2D eigenvalue weighted by Crippen LogP contribution is -2.26. The minimum absolute atomic E-state index is 0.273. The predicted octanol–water partition coefficient (Wildman–Crippen LogP) is 5.85. The van der Waals surface area contributed by atoms with Gasteiger partial charge in [0.15, 0.2) is 0 Å². The van der Waals surface area contributed by atoms with Crippen molar-refractivity contribution in [3.63, 3.8) is 0 Å². The van der Waals surface area contributed by atoms with Crippen LogP contribution in [0.3, 0.4) is 0 Å². The van der Waals surface area contributed by atoms with Crippen molar-refractivity contribution < 1.29 is 0 Å². The molecule has 0 radical (unpaired) electrons. The quantitative estimate of drug-likeness (QED) is 0.663. The zero-order valence-corrected chi connectivity index (χ0v) is 15.2. The molecule has 0 aliphatic rings. The maximum Gasteiger partial charge on any atom is 0.0325 e. The van der Waals surface area contributed by atoms with Crippen LogP contribution >= 0.6 is 0 Å². The monoisotopic (exact) mass is 289 g/mol. The summed E-state index contributed by atoms with van der Waals surface area (Å²) in [5.41, 5.74) is 3.48. The topological polar surface area (TPSA) is 12.0 Å². The molecule has 1 nitrogen and oxygen atoms in total. The number of rotatable bonds is 7. The first-order valence-corrected chi connectivity index (χ1v) is 8.53. The zero-order valence-electron chi connectivity index (χ0n) is 15.2. The lowest BCUT2D eigenvalue weighted by molar-refractivity contribution is 0.311. The molecule has 0 aliphatic heterocycles. The van der Waals surface area contributed by atoms with Crippen LogP contribution in [0, 0.1) is 5.41 Å². The van der Waals surface area contributed by atoms with Gasteiger partial charge in [0.2, 0.25) is 0 Å². The molecule has 1 atom stereocenters. The van der Waals surface area contributed by atoms with Crippen LogP contribution in [0.1, 0.15) is 84.9 Å². The van der Waals surface area contributed by atoms with Crippen molar-refractivity contribution in [2.75, 3.05) is 6.54 Å². The summed E-state index contributed by atoms with van der Waals surface area (Å²) in [5.74, 6) is 0. The third-order valence-electron chi connectivity index (χ3n) is 4.44. The van der Waals surface area contributed by atoms with Crippen molar-refractivity contribution in [2.45, 2.75) is 79.2 Å². The zero-order chi connectivity index (χ0) is 16.1. The summed E-state index contributed by atoms with van der Waals surface area (Å²) in [6.07, 6.45) is 3.52. The van der Waals surface area contributed by atoms with E-state index in [1.807, 2.05) is 0 Å². The van der Waals surface area contributed by atoms with Crippen molar-refractivity contribution in [1.29, 1.82) is 0 Å². The van der Waals surface area contributed by atoms with Gasteiger partial charge in [0.25, 0.3) is 0 Å². The standard InChI is InChI=1S/C20H35N/c1-8-14-21-18(15-19(3,4)5)16-10-12-17(13-11-16)20(6,7)9-2/h10-13,18,21H,8-9,14-15H2,1-7H3. The Morgan fingerprint density at radius 2 is 1.52 bits per heavy atom. The van der Waals surface area contributed by atoms with Gasteiger partial charge in [-0.3, -0.25) is 0 Å². The molecule has 1 N–H and O–H groups in total. The van der Waals surface area contributed by atoms with E-state index in [4.69, 9.17) is 0 Å². The van der Waals surface area contributed by atoms with E-state index < -0.39 is 0 Å². The van der Waals surface area contributed by atoms with Gasteiger partial charge in [-0.15, -0.1) is 0 Å². The van der Waals surface area contributed by atoms with E-state index in [0.717, 1.165) is 6.54 Å². The Kier molecular flexibility index (Phi) is 6.46. The van der Waals surface area contributed by atoms with E-state index in [0.29, 0.717) is 11.5 Å². The Balaban J connectivity index is 2.92. The first-order valence-electron chi connectivity index (χ1n) is 8.53. The molecule has 1 aromatic carbocycles. The fourth-order valence-corrected chi connectivity index (χ4v) is 2.61. The van der Waals surface area contributed by atoms with Crippen LogP contribution in [0.25, 0.3) is 0 Å². The first kappa shape index (κ1) is 18.2. The molecule has 1 rings (SSSR count). The second-order valence-electron chi connectivity index (χ2n) is 8.13. The number of nitrogens with one attached hydrogen (secondary N) is 1. The maximum absolute atomic E-state index is 3.71. The molecule has 0 saturated heterocycles. The van der Waals surface area contributed by atoms with E-state index in [-0.39, 0.29) is 5.41 Å². The molecule has 0 spiro atoms. The molecule has 0 fully saturated rings. The molecule has 21 heavy (non-hydrogen) atoms. The van der Waals surface area contributed by atoms with Gasteiger partial charge in [-0.05, 0) is 47.8 Å². The smallest absolute Gasteiger partial charge is 0.0325 e. The molecule has 1 aromatic rings. The second-order valence-corrected chi connectivity index (χ2v) is 8.13. The predicted molar refractivity (Wildman–Crippen MR) is 94.9 cm³/mol. The molecule has 0 aromatic heterocycles. The fourth-order valence-electron chi connectivity index (χ4n) is 2.61. The largest absolute Gasteiger partial charge is 0.310 e. The molecule has 0 saturated carbocycles. The maximum atomic E-state index is 3.71. The Labute approximate surface area is 132 Å². The second kappa shape index (κ2) is 7.45. The van der Waals surface area contributed by atoms with Gasteiger partial charge in [-0.25, -0.2) is 0 Å². The van der Waals surface area contributed by atoms with E-state index >= 15 is 0 Å². The average molecular weight is 290 g/mol. The van der Waals surface area contributed by atoms with Crippen molar-refractivity contribution in [2.24, 2.45) is 5.41 Å². The minimum atomic E-state index is 0.273. The summed E-state index contributed by atoms with van der Waals surface area (Å²) in [6, 6.07) is 9.76. The van der Waals surface area contributed by atoms with Crippen LogP contribution in [0.4, 0.5) is 0 Å². The van der Waals surface area contributed by atoms with E-state index in [1.165, 1.54) is 30.4 Å². The van der Waals surface area contributed by atoms with Gasteiger partial charge in [0.05, 0.1) is 0 Å². The van der Waals surface area contributed by atoms with Crippen molar-refractivity contribution in [3.8, 4) is 0 Å². The molecule has 0 heterocycles. The summed E-state index contributed by atoms with van der Waals surface area (Å²) in [7, 11) is 0. The van der Waals surface area contributed by atoms with E-state index in [1.54, 1.807) is 0 Å². The third-order valence-corrected chi connectivity index (χ3v) is 4.44. The van der Waals surface area contributed by atoms with Crippen LogP contribution in [-0.4, -0.2) is 6.54 Å². The summed E-state index contributed by atoms with van der Waals surface area (Å²) in [4.78, 5) is 0. The lowest BCUT2D eigenvalue weighted by Gasteiger charge is -2.28. The molecule has 120 valence electrons. The fraction of sp³-hybridized carbons (Fsp3) is 0.700. The Morgan fingerprint density at radius 1 is 0.952 bits per heavy atom. The third kappa shape index (κ3) is 5.82. The van der Waals surface area contributed by atoms with Crippen molar-refractivity contribution in [1.82, 2.24) is 5.32 Å². The van der Waals surface area contributed by atoms with Gasteiger partial charge >= 0.3 is 0 Å². The molecule has 1 unspecified atom stereocenters. The molecular formula is C20H35N. The first-order chi connectivity index (χ1) is 9.69. The van der Waals surface area contributed by atoms with Crippen LogP contribution in [0.2, 0.25) is 0 Å². The molecular weight excluding hydrogens is 254 g/mol. The highest BCUT2D eigenvalue weighted by molar-refractivity contribution is 5.29. The minimum Gasteiger partial charge on any atom is -0.310 e. The highest BCUT2D eigenvalue weighted by Gasteiger charge is 2.21. The summed E-state index contributed by atoms with van der Waals surface area (Å²) in [6.45, 7) is 17.2. The van der Waals surface area contributed by atoms with Gasteiger partial charge in [-0.1, -0.05) is 72.7 Å². The Morgan fingerprint density at radius 3 is 1.95 bits per heavy atom. The Bertz CT molecular complexity index is 408. The number of benzene rings is 1. The summed E-state index contributed by atoms with van der Waals surface area (Å²) in [5, 5.41) is 3.71. The highest BCUT2D eigenvalue weighted by Crippen LogP contribution is 2.32. The average Bonchev–Trinajstić information content (AvgIpc) is 2.42. The molecule has 0 bridgehead atoms. The molecule has 0 amide bonds. The van der Waals surface area contributed by atoms with Gasteiger partial charge < -0.3 is 5.32 Å². The Hall–Kier alpha value is -0.820. The van der Waals surface area contributed by atoms with Crippen molar-refractivity contribution in [3.05, 3.63) is 35.4 Å². The normalized spacial score (nSPS) is 14.2. The summed E-state index contributed by atoms with van der Waals surface area (Å²) < 4.78 is 0. The number of hydrogen-bond donors (Lipinski definition) is 1. The lowest BCUT2D eigenvalue weighted by atomic mass is 9.80. The van der Waals surface area contributed by atoms with Crippen LogP contribution in [0.5, 0.6) is 0 Å². The van der Waals surface area contributed by atoms with Crippen molar-refractivity contribution >= 4 is 0 Å². The number of hydrogen-bond acceptors (Lipinski definition) is 1. The van der Waals surface area contributed by atoms with Gasteiger partial charge in [0, 0.05) is 6.04 Å². The van der Waals surface area contributed by atoms with Gasteiger partial charge in [0.1, 0.15) is 0 Å². The highest BCUT2D eigenvalue weighted by atomic mass is 14.9. The SMILES string of the molecule is CCCNC(CC(C)(C)C)c1ccc(C(C)(C)CC)cc1. The van der Waals surface area contributed by atoms with E-state index in [2.05, 4.69) is 78.0 Å². The van der Waals surface area contributed by atoms with Gasteiger partial charge in [-0.2, -0.15) is 0 Å². The molecule has 0 aliphatic carbocycles. The summed E-state index contributed by atoms with van der Waals surface area (Å²) >= 11 is 0. The van der Waals surface area contributed by atoms with Crippen LogP contribution in [0.15, 0.2) is 24.3 Å². The van der Waals surface area contributed by atoms with Crippen LogP contribution in [-0.2, 0) is 5.41 Å². The van der Waals surface area contributed by atoms with E-state index in [9.17, 15) is 0 Å². The van der Waals surface area contributed by atoms with Crippen LogP contribution < -0.4 is 5.32 Å². The molecule has 1 heteroatoms.